The molecule has 0 saturated heterocycles. The molecule has 0 radical (unpaired) electrons. The first-order valence-corrected chi connectivity index (χ1v) is 8.28. The summed E-state index contributed by atoms with van der Waals surface area (Å²) in [5.41, 5.74) is -0.0206. The van der Waals surface area contributed by atoms with Gasteiger partial charge < -0.3 is 5.11 Å². The molecular formula is C17H20O2S. The van der Waals surface area contributed by atoms with Crippen molar-refractivity contribution in [3.05, 3.63) is 35.2 Å². The molecule has 1 aliphatic rings. The molecule has 0 atom stereocenters. The number of fused-ring (bicyclic) bond motifs is 1. The standard InChI is InChI=1S/C17H20O2S/c18-16(17(19)9-5-1-2-6-10-17)11-13-12-20-15-8-4-3-7-14(13)15/h3-4,7-8,12,19H,1-2,5-6,9-11H2. The lowest BCUT2D eigenvalue weighted by molar-refractivity contribution is -0.138. The molecule has 1 aromatic carbocycles. The van der Waals surface area contributed by atoms with Gasteiger partial charge in [-0.3, -0.25) is 4.79 Å². The first kappa shape index (κ1) is 13.8. The fraction of sp³-hybridized carbons (Fsp3) is 0.471. The first-order chi connectivity index (χ1) is 9.69. The molecule has 1 aromatic heterocycles. The fourth-order valence-electron chi connectivity index (χ4n) is 3.10. The maximum Gasteiger partial charge on any atom is 0.168 e. The molecule has 0 amide bonds. The zero-order valence-electron chi connectivity index (χ0n) is 11.6. The Hall–Kier alpha value is -1.19. The minimum atomic E-state index is -1.08. The Balaban J connectivity index is 1.81. The van der Waals surface area contributed by atoms with E-state index in [-0.39, 0.29) is 5.78 Å². The SMILES string of the molecule is O=C(Cc1csc2ccccc12)C1(O)CCCCCC1. The third-order valence-electron chi connectivity index (χ3n) is 4.36. The quantitative estimate of drug-likeness (QED) is 0.863. The molecule has 0 bridgehead atoms. The number of hydrogen-bond acceptors (Lipinski definition) is 3. The van der Waals surface area contributed by atoms with E-state index in [0.29, 0.717) is 19.3 Å². The Morgan fingerprint density at radius 3 is 2.60 bits per heavy atom. The zero-order chi connectivity index (χ0) is 14.0. The van der Waals surface area contributed by atoms with Crippen LogP contribution in [0.1, 0.15) is 44.1 Å². The van der Waals surface area contributed by atoms with Crippen molar-refractivity contribution in [2.75, 3.05) is 0 Å². The van der Waals surface area contributed by atoms with Crippen molar-refractivity contribution in [3.63, 3.8) is 0 Å². The number of aliphatic hydroxyl groups is 1. The number of rotatable bonds is 3. The van der Waals surface area contributed by atoms with Crippen molar-refractivity contribution in [1.29, 1.82) is 0 Å². The van der Waals surface area contributed by atoms with Gasteiger partial charge in [-0.1, -0.05) is 43.9 Å². The van der Waals surface area contributed by atoms with Crippen LogP contribution in [0.5, 0.6) is 0 Å². The molecule has 1 heterocycles. The Morgan fingerprint density at radius 1 is 1.15 bits per heavy atom. The molecule has 1 saturated carbocycles. The van der Waals surface area contributed by atoms with Crippen LogP contribution in [-0.2, 0) is 11.2 Å². The summed E-state index contributed by atoms with van der Waals surface area (Å²) >= 11 is 1.67. The van der Waals surface area contributed by atoms with E-state index in [2.05, 4.69) is 17.5 Å². The van der Waals surface area contributed by atoms with E-state index in [9.17, 15) is 9.90 Å². The molecule has 0 unspecified atom stereocenters. The highest BCUT2D eigenvalue weighted by Gasteiger charge is 2.35. The van der Waals surface area contributed by atoms with Crippen LogP contribution in [0.4, 0.5) is 0 Å². The Kier molecular flexibility index (Phi) is 3.90. The van der Waals surface area contributed by atoms with Crippen LogP contribution in [0, 0.1) is 0 Å². The predicted octanol–water partition coefficient (Wildman–Crippen LogP) is 4.10. The van der Waals surface area contributed by atoms with E-state index in [1.54, 1.807) is 11.3 Å². The Labute approximate surface area is 123 Å². The minimum Gasteiger partial charge on any atom is -0.382 e. The predicted molar refractivity (Wildman–Crippen MR) is 83.2 cm³/mol. The minimum absolute atomic E-state index is 0.00273. The summed E-state index contributed by atoms with van der Waals surface area (Å²) in [7, 11) is 0. The molecule has 0 spiro atoms. The third kappa shape index (κ3) is 2.65. The number of Topliss-reactive ketones (excluding diaryl/α,β-unsaturated/α-hetero) is 1. The number of carbonyl (C=O) groups is 1. The molecule has 3 rings (SSSR count). The second-order valence-electron chi connectivity index (χ2n) is 5.80. The van der Waals surface area contributed by atoms with Crippen LogP contribution in [0.3, 0.4) is 0 Å². The van der Waals surface area contributed by atoms with Gasteiger partial charge in [0.2, 0.25) is 0 Å². The lowest BCUT2D eigenvalue weighted by Crippen LogP contribution is -2.39. The first-order valence-electron chi connectivity index (χ1n) is 7.40. The van der Waals surface area contributed by atoms with E-state index >= 15 is 0 Å². The van der Waals surface area contributed by atoms with E-state index < -0.39 is 5.60 Å². The van der Waals surface area contributed by atoms with Gasteiger partial charge in [0, 0.05) is 11.1 Å². The molecule has 20 heavy (non-hydrogen) atoms. The van der Waals surface area contributed by atoms with Gasteiger partial charge in [0.15, 0.2) is 5.78 Å². The fourth-order valence-corrected chi connectivity index (χ4v) is 4.06. The molecular weight excluding hydrogens is 268 g/mol. The summed E-state index contributed by atoms with van der Waals surface area (Å²) < 4.78 is 1.21. The van der Waals surface area contributed by atoms with E-state index in [1.165, 1.54) is 4.70 Å². The van der Waals surface area contributed by atoms with Crippen molar-refractivity contribution < 1.29 is 9.90 Å². The van der Waals surface area contributed by atoms with E-state index in [1.807, 2.05) is 12.1 Å². The highest BCUT2D eigenvalue weighted by Crippen LogP contribution is 2.31. The van der Waals surface area contributed by atoms with Gasteiger partial charge in [-0.2, -0.15) is 0 Å². The summed E-state index contributed by atoms with van der Waals surface area (Å²) in [6.07, 6.45) is 5.83. The largest absolute Gasteiger partial charge is 0.382 e. The molecule has 0 aliphatic heterocycles. The molecule has 1 fully saturated rings. The second kappa shape index (κ2) is 5.66. The molecule has 3 heteroatoms. The maximum atomic E-state index is 12.5. The van der Waals surface area contributed by atoms with Crippen LogP contribution in [0.15, 0.2) is 29.6 Å². The second-order valence-corrected chi connectivity index (χ2v) is 6.71. The van der Waals surface area contributed by atoms with Crippen LogP contribution in [0.25, 0.3) is 10.1 Å². The number of carbonyl (C=O) groups excluding carboxylic acids is 1. The van der Waals surface area contributed by atoms with Crippen molar-refractivity contribution >= 4 is 27.2 Å². The zero-order valence-corrected chi connectivity index (χ0v) is 12.4. The topological polar surface area (TPSA) is 37.3 Å². The molecule has 2 aromatic rings. The van der Waals surface area contributed by atoms with E-state index in [4.69, 9.17) is 0 Å². The summed E-state index contributed by atoms with van der Waals surface area (Å²) in [5.74, 6) is 0.00273. The summed E-state index contributed by atoms with van der Waals surface area (Å²) in [5, 5.41) is 13.9. The lowest BCUT2D eigenvalue weighted by atomic mass is 9.86. The average Bonchev–Trinajstić information content (AvgIpc) is 2.72. The number of thiophene rings is 1. The van der Waals surface area contributed by atoms with Crippen molar-refractivity contribution in [2.45, 2.75) is 50.5 Å². The van der Waals surface area contributed by atoms with Gasteiger partial charge in [-0.25, -0.2) is 0 Å². The number of benzene rings is 1. The lowest BCUT2D eigenvalue weighted by Gasteiger charge is -2.24. The highest BCUT2D eigenvalue weighted by molar-refractivity contribution is 7.17. The Morgan fingerprint density at radius 2 is 1.85 bits per heavy atom. The Bertz CT molecular complexity index is 606. The van der Waals surface area contributed by atoms with Crippen LogP contribution >= 0.6 is 11.3 Å². The van der Waals surface area contributed by atoms with Gasteiger partial charge in [0.05, 0.1) is 0 Å². The highest BCUT2D eigenvalue weighted by atomic mass is 32.1. The molecule has 1 N–H and O–H groups in total. The monoisotopic (exact) mass is 288 g/mol. The van der Waals surface area contributed by atoms with Crippen molar-refractivity contribution in [1.82, 2.24) is 0 Å². The molecule has 1 aliphatic carbocycles. The maximum absolute atomic E-state index is 12.5. The van der Waals surface area contributed by atoms with Crippen molar-refractivity contribution in [2.24, 2.45) is 0 Å². The van der Waals surface area contributed by atoms with Crippen LogP contribution < -0.4 is 0 Å². The van der Waals surface area contributed by atoms with Gasteiger partial charge in [0.1, 0.15) is 5.60 Å². The van der Waals surface area contributed by atoms with E-state index in [0.717, 1.165) is 36.6 Å². The number of hydrogen-bond donors (Lipinski definition) is 1. The summed E-state index contributed by atoms with van der Waals surface area (Å²) in [4.78, 5) is 12.5. The van der Waals surface area contributed by atoms with Gasteiger partial charge in [-0.05, 0) is 35.2 Å². The smallest absolute Gasteiger partial charge is 0.168 e. The third-order valence-corrected chi connectivity index (χ3v) is 5.37. The molecule has 2 nitrogen and oxygen atoms in total. The van der Waals surface area contributed by atoms with Gasteiger partial charge >= 0.3 is 0 Å². The van der Waals surface area contributed by atoms with Crippen LogP contribution in [-0.4, -0.2) is 16.5 Å². The summed E-state index contributed by atoms with van der Waals surface area (Å²) in [6, 6.07) is 8.16. The number of ketones is 1. The van der Waals surface area contributed by atoms with Gasteiger partial charge in [0.25, 0.3) is 0 Å². The normalized spacial score (nSPS) is 18.9. The average molecular weight is 288 g/mol. The summed E-state index contributed by atoms with van der Waals surface area (Å²) in [6.45, 7) is 0. The van der Waals surface area contributed by atoms with Crippen molar-refractivity contribution in [3.8, 4) is 0 Å². The molecule has 106 valence electrons. The van der Waals surface area contributed by atoms with Gasteiger partial charge in [-0.15, -0.1) is 11.3 Å². The van der Waals surface area contributed by atoms with Crippen LogP contribution in [0.2, 0.25) is 0 Å².